The summed E-state index contributed by atoms with van der Waals surface area (Å²) in [5, 5.41) is 5.20. The lowest BCUT2D eigenvalue weighted by atomic mass is 10.4. The highest BCUT2D eigenvalue weighted by Crippen LogP contribution is 2.06. The van der Waals surface area contributed by atoms with E-state index in [-0.39, 0.29) is 5.97 Å². The number of carbonyl (C=O) groups is 1. The summed E-state index contributed by atoms with van der Waals surface area (Å²) in [6.45, 7) is 1.50. The van der Waals surface area contributed by atoms with Crippen molar-refractivity contribution in [3.8, 4) is 0 Å². The van der Waals surface area contributed by atoms with Crippen LogP contribution in [-0.2, 0) is 16.1 Å². The third kappa shape index (κ3) is 4.05. The van der Waals surface area contributed by atoms with Crippen LogP contribution < -0.4 is 5.32 Å². The molecule has 72 valence electrons. The molecule has 0 unspecified atom stereocenters. The lowest BCUT2D eigenvalue weighted by molar-refractivity contribution is -0.140. The van der Waals surface area contributed by atoms with Crippen molar-refractivity contribution in [2.45, 2.75) is 13.0 Å². The molecule has 0 aliphatic carbocycles. The number of esters is 1. The second kappa shape index (κ2) is 5.72. The van der Waals surface area contributed by atoms with E-state index in [0.717, 1.165) is 6.54 Å². The van der Waals surface area contributed by atoms with Gasteiger partial charge >= 0.3 is 5.97 Å². The van der Waals surface area contributed by atoms with Crippen LogP contribution in [0.1, 0.15) is 11.3 Å². The first-order valence-electron chi connectivity index (χ1n) is 4.13. The van der Waals surface area contributed by atoms with Gasteiger partial charge in [0.1, 0.15) is 0 Å². The summed E-state index contributed by atoms with van der Waals surface area (Å²) in [7, 11) is 1.40. The summed E-state index contributed by atoms with van der Waals surface area (Å²) >= 11 is 1.71. The van der Waals surface area contributed by atoms with E-state index in [0.29, 0.717) is 13.0 Å². The van der Waals surface area contributed by atoms with Gasteiger partial charge in [0.15, 0.2) is 0 Å². The molecule has 1 N–H and O–H groups in total. The Morgan fingerprint density at radius 3 is 3.15 bits per heavy atom. The molecule has 1 aromatic heterocycles. The second-order valence-corrected chi connectivity index (χ2v) is 3.61. The summed E-state index contributed by atoms with van der Waals surface area (Å²) < 4.78 is 4.51. The van der Waals surface area contributed by atoms with Gasteiger partial charge in [-0.05, 0) is 11.4 Å². The fraction of sp³-hybridized carbons (Fsp3) is 0.444. The van der Waals surface area contributed by atoms with Gasteiger partial charge in [0.05, 0.1) is 13.5 Å². The highest BCUT2D eigenvalue weighted by molar-refractivity contribution is 7.09. The molecule has 13 heavy (non-hydrogen) atoms. The van der Waals surface area contributed by atoms with Crippen molar-refractivity contribution in [1.29, 1.82) is 0 Å². The summed E-state index contributed by atoms with van der Waals surface area (Å²) in [6.07, 6.45) is 0.432. The molecule has 0 atom stereocenters. The Labute approximate surface area is 81.7 Å². The van der Waals surface area contributed by atoms with Crippen LogP contribution in [0.15, 0.2) is 17.5 Å². The Morgan fingerprint density at radius 2 is 2.54 bits per heavy atom. The summed E-state index contributed by atoms with van der Waals surface area (Å²) in [5.41, 5.74) is 0. The number of nitrogens with one attached hydrogen (secondary N) is 1. The van der Waals surface area contributed by atoms with Gasteiger partial charge in [0.25, 0.3) is 0 Å². The molecule has 0 saturated heterocycles. The zero-order valence-electron chi connectivity index (χ0n) is 7.58. The Kier molecular flexibility index (Phi) is 4.49. The van der Waals surface area contributed by atoms with E-state index in [1.807, 2.05) is 11.4 Å². The van der Waals surface area contributed by atoms with E-state index in [1.54, 1.807) is 11.3 Å². The molecule has 0 fully saturated rings. The molecule has 0 bridgehead atoms. The van der Waals surface area contributed by atoms with Gasteiger partial charge in [0.2, 0.25) is 0 Å². The number of hydrogen-bond donors (Lipinski definition) is 1. The Hall–Kier alpha value is -0.870. The summed E-state index contributed by atoms with van der Waals surface area (Å²) in [5.74, 6) is -0.168. The quantitative estimate of drug-likeness (QED) is 0.575. The molecule has 0 radical (unpaired) electrons. The van der Waals surface area contributed by atoms with Crippen molar-refractivity contribution >= 4 is 17.3 Å². The van der Waals surface area contributed by atoms with Gasteiger partial charge in [-0.3, -0.25) is 4.79 Å². The molecule has 0 amide bonds. The molecule has 3 nitrogen and oxygen atoms in total. The number of thiophene rings is 1. The maximum absolute atomic E-state index is 10.7. The fourth-order valence-corrected chi connectivity index (χ4v) is 1.59. The number of methoxy groups -OCH3 is 1. The molecule has 0 aromatic carbocycles. The van der Waals surface area contributed by atoms with Crippen molar-refractivity contribution in [3.63, 3.8) is 0 Å². The van der Waals surface area contributed by atoms with Crippen LogP contribution in [0.4, 0.5) is 0 Å². The first-order chi connectivity index (χ1) is 6.33. The number of carbonyl (C=O) groups excluding carboxylic acids is 1. The maximum atomic E-state index is 10.7. The zero-order chi connectivity index (χ0) is 9.52. The molecule has 0 saturated carbocycles. The van der Waals surface area contributed by atoms with Gasteiger partial charge in [-0.2, -0.15) is 0 Å². The molecule has 0 spiro atoms. The fourth-order valence-electron chi connectivity index (χ4n) is 0.917. The van der Waals surface area contributed by atoms with Crippen LogP contribution in [-0.4, -0.2) is 19.6 Å². The minimum Gasteiger partial charge on any atom is -0.469 e. The lowest BCUT2D eigenvalue weighted by Gasteiger charge is -2.01. The van der Waals surface area contributed by atoms with Crippen LogP contribution in [0.5, 0.6) is 0 Å². The topological polar surface area (TPSA) is 38.3 Å². The van der Waals surface area contributed by atoms with E-state index in [4.69, 9.17) is 0 Å². The van der Waals surface area contributed by atoms with E-state index < -0.39 is 0 Å². The van der Waals surface area contributed by atoms with E-state index >= 15 is 0 Å². The standard InChI is InChI=1S/C9H13NO2S/c1-12-9(11)4-5-10-7-8-3-2-6-13-8/h2-3,6,10H,4-5,7H2,1H3. The van der Waals surface area contributed by atoms with Crippen molar-refractivity contribution in [2.24, 2.45) is 0 Å². The van der Waals surface area contributed by atoms with Crippen molar-refractivity contribution in [1.82, 2.24) is 5.32 Å². The molecule has 4 heteroatoms. The van der Waals surface area contributed by atoms with Crippen LogP contribution in [0.25, 0.3) is 0 Å². The van der Waals surface area contributed by atoms with Gasteiger partial charge in [-0.1, -0.05) is 6.07 Å². The number of ether oxygens (including phenoxy) is 1. The Bertz CT molecular complexity index is 246. The molecule has 0 aliphatic rings. The van der Waals surface area contributed by atoms with Crippen LogP contribution in [0, 0.1) is 0 Å². The minimum absolute atomic E-state index is 0.168. The van der Waals surface area contributed by atoms with Crippen molar-refractivity contribution in [3.05, 3.63) is 22.4 Å². The van der Waals surface area contributed by atoms with Crippen molar-refractivity contribution < 1.29 is 9.53 Å². The highest BCUT2D eigenvalue weighted by atomic mass is 32.1. The first-order valence-corrected chi connectivity index (χ1v) is 5.01. The molecule has 1 rings (SSSR count). The second-order valence-electron chi connectivity index (χ2n) is 2.58. The highest BCUT2D eigenvalue weighted by Gasteiger charge is 1.98. The molecule has 1 heterocycles. The minimum atomic E-state index is -0.168. The van der Waals surface area contributed by atoms with Gasteiger partial charge in [-0.25, -0.2) is 0 Å². The van der Waals surface area contributed by atoms with E-state index in [2.05, 4.69) is 16.1 Å². The van der Waals surface area contributed by atoms with Crippen molar-refractivity contribution in [2.75, 3.05) is 13.7 Å². The monoisotopic (exact) mass is 199 g/mol. The largest absolute Gasteiger partial charge is 0.469 e. The van der Waals surface area contributed by atoms with Gasteiger partial charge < -0.3 is 10.1 Å². The molecule has 0 aliphatic heterocycles. The smallest absolute Gasteiger partial charge is 0.306 e. The van der Waals surface area contributed by atoms with Crippen LogP contribution in [0.2, 0.25) is 0 Å². The predicted molar refractivity (Wildman–Crippen MR) is 52.7 cm³/mol. The summed E-state index contributed by atoms with van der Waals surface area (Å²) in [6, 6.07) is 4.08. The number of rotatable bonds is 5. The van der Waals surface area contributed by atoms with Gasteiger partial charge in [0, 0.05) is 18.0 Å². The Balaban J connectivity index is 2.05. The average Bonchev–Trinajstić information content (AvgIpc) is 2.64. The third-order valence-corrected chi connectivity index (χ3v) is 2.49. The van der Waals surface area contributed by atoms with E-state index in [1.165, 1.54) is 12.0 Å². The molecule has 1 aromatic rings. The zero-order valence-corrected chi connectivity index (χ0v) is 8.39. The van der Waals surface area contributed by atoms with E-state index in [9.17, 15) is 4.79 Å². The summed E-state index contributed by atoms with van der Waals surface area (Å²) in [4.78, 5) is 12.0. The lowest BCUT2D eigenvalue weighted by Crippen LogP contribution is -2.17. The number of hydrogen-bond acceptors (Lipinski definition) is 4. The maximum Gasteiger partial charge on any atom is 0.306 e. The van der Waals surface area contributed by atoms with Crippen LogP contribution >= 0.6 is 11.3 Å². The normalized spacial score (nSPS) is 9.92. The average molecular weight is 199 g/mol. The SMILES string of the molecule is COC(=O)CCNCc1cccs1. The first kappa shape index (κ1) is 10.2. The predicted octanol–water partition coefficient (Wildman–Crippen LogP) is 1.40. The third-order valence-electron chi connectivity index (χ3n) is 1.61. The molecular formula is C9H13NO2S. The molecular weight excluding hydrogens is 186 g/mol. The van der Waals surface area contributed by atoms with Gasteiger partial charge in [-0.15, -0.1) is 11.3 Å². The van der Waals surface area contributed by atoms with Crippen LogP contribution in [0.3, 0.4) is 0 Å². The Morgan fingerprint density at radius 1 is 1.69 bits per heavy atom.